The van der Waals surface area contributed by atoms with Crippen molar-refractivity contribution < 1.29 is 9.45 Å². The van der Waals surface area contributed by atoms with Crippen molar-refractivity contribution in [3.8, 4) is 0 Å². The molecule has 5 nitrogen and oxygen atoms in total. The Balaban J connectivity index is 2.93. The van der Waals surface area contributed by atoms with Gasteiger partial charge in [-0.15, -0.1) is 0 Å². The van der Waals surface area contributed by atoms with Crippen LogP contribution >= 0.6 is 0 Å². The first-order valence-corrected chi connectivity index (χ1v) is 1.85. The molecule has 0 aromatic carbocycles. The fourth-order valence-corrected chi connectivity index (χ4v) is 0.300. The van der Waals surface area contributed by atoms with Gasteiger partial charge in [-0.2, -0.15) is 0 Å². The van der Waals surface area contributed by atoms with Gasteiger partial charge in [0.25, 0.3) is 0 Å². The second-order valence-corrected chi connectivity index (χ2v) is 1.11. The summed E-state index contributed by atoms with van der Waals surface area (Å²) in [5.41, 5.74) is 0. The Morgan fingerprint density at radius 3 is 2.88 bits per heavy atom. The molecule has 1 aromatic heterocycles. The molecule has 8 heavy (non-hydrogen) atoms. The molecule has 0 saturated carbocycles. The third-order valence-electron chi connectivity index (χ3n) is 0.611. The van der Waals surface area contributed by atoms with Crippen LogP contribution in [0.4, 0.5) is 5.82 Å². The lowest BCUT2D eigenvalue weighted by molar-refractivity contribution is -0.390. The highest BCUT2D eigenvalue weighted by Crippen LogP contribution is 2.02. The molecule has 0 spiro atoms. The zero-order valence-electron chi connectivity index (χ0n) is 3.77. The van der Waals surface area contributed by atoms with Gasteiger partial charge in [0, 0.05) is 0 Å². The molecule has 0 fully saturated rings. The molecule has 1 heterocycles. The summed E-state index contributed by atoms with van der Waals surface area (Å²) in [6, 6.07) is 1.18. The summed E-state index contributed by atoms with van der Waals surface area (Å²) in [7, 11) is 0. The molecule has 0 amide bonds. The van der Waals surface area contributed by atoms with E-state index in [1.54, 1.807) is 0 Å². The molecule has 0 aliphatic carbocycles. The molecule has 0 radical (unpaired) electrons. The van der Waals surface area contributed by atoms with Crippen molar-refractivity contribution in [1.29, 1.82) is 0 Å². The molecule has 0 bridgehead atoms. The summed E-state index contributed by atoms with van der Waals surface area (Å²) >= 11 is 0. The highest BCUT2D eigenvalue weighted by atomic mass is 16.6. The van der Waals surface area contributed by atoms with Crippen molar-refractivity contribution in [2.75, 3.05) is 0 Å². The average Bonchev–Trinajstić information content (AvgIpc) is 2.12. The van der Waals surface area contributed by atoms with Crippen molar-refractivity contribution in [2.24, 2.45) is 0 Å². The van der Waals surface area contributed by atoms with E-state index in [9.17, 15) is 10.1 Å². The summed E-state index contributed by atoms with van der Waals surface area (Å²) < 4.78 is 4.18. The molecule has 5 heteroatoms. The van der Waals surface area contributed by atoms with Crippen LogP contribution in [0.1, 0.15) is 0 Å². The van der Waals surface area contributed by atoms with Gasteiger partial charge in [-0.1, -0.05) is 0 Å². The molecule has 1 rings (SSSR count). The Kier molecular flexibility index (Phi) is 0.957. The standard InChI is InChI=1S/C3H2N2O3/c6-5(7)3-1-2-8-4-3/h1-2H. The minimum Gasteiger partial charge on any atom is -0.358 e. The van der Waals surface area contributed by atoms with E-state index in [1.807, 2.05) is 0 Å². The third-order valence-corrected chi connectivity index (χ3v) is 0.611. The smallest absolute Gasteiger partial charge is 0.358 e. The molecule has 0 saturated heterocycles. The van der Waals surface area contributed by atoms with E-state index in [0.29, 0.717) is 0 Å². The van der Waals surface area contributed by atoms with E-state index in [0.717, 1.165) is 6.26 Å². The van der Waals surface area contributed by atoms with Crippen LogP contribution in [0.25, 0.3) is 0 Å². The van der Waals surface area contributed by atoms with Gasteiger partial charge in [0.05, 0.1) is 6.07 Å². The first-order chi connectivity index (χ1) is 3.80. The lowest BCUT2D eigenvalue weighted by Gasteiger charge is -1.79. The van der Waals surface area contributed by atoms with Crippen LogP contribution in [0.3, 0.4) is 0 Å². The van der Waals surface area contributed by atoms with Crippen LogP contribution in [-0.2, 0) is 0 Å². The Bertz CT molecular complexity index is 180. The largest absolute Gasteiger partial charge is 0.413 e. The van der Waals surface area contributed by atoms with E-state index in [2.05, 4.69) is 9.68 Å². The van der Waals surface area contributed by atoms with Gasteiger partial charge >= 0.3 is 5.82 Å². The van der Waals surface area contributed by atoms with Crippen LogP contribution < -0.4 is 0 Å². The predicted octanol–water partition coefficient (Wildman–Crippen LogP) is 0.583. The predicted molar refractivity (Wildman–Crippen MR) is 23.2 cm³/mol. The van der Waals surface area contributed by atoms with Crippen LogP contribution in [0.2, 0.25) is 0 Å². The van der Waals surface area contributed by atoms with Gasteiger partial charge in [0.1, 0.15) is 0 Å². The molecule has 0 atom stereocenters. The van der Waals surface area contributed by atoms with Crippen LogP contribution in [0.15, 0.2) is 16.9 Å². The average molecular weight is 114 g/mol. The van der Waals surface area contributed by atoms with Crippen molar-refractivity contribution in [3.63, 3.8) is 0 Å². The minimum atomic E-state index is -0.622. The van der Waals surface area contributed by atoms with E-state index in [1.165, 1.54) is 6.07 Å². The van der Waals surface area contributed by atoms with Gasteiger partial charge < -0.3 is 10.1 Å². The molecule has 42 valence electrons. The number of nitrogens with zero attached hydrogens (tertiary/aromatic N) is 2. The lowest BCUT2D eigenvalue weighted by atomic mass is 10.7. The van der Waals surface area contributed by atoms with Gasteiger partial charge in [-0.3, -0.25) is 4.52 Å². The first-order valence-electron chi connectivity index (χ1n) is 1.85. The number of rotatable bonds is 1. The Morgan fingerprint density at radius 2 is 2.62 bits per heavy atom. The monoisotopic (exact) mass is 114 g/mol. The number of hydrogen-bond acceptors (Lipinski definition) is 4. The SMILES string of the molecule is O=[N+]([O-])c1ccon1. The van der Waals surface area contributed by atoms with Crippen molar-refractivity contribution in [1.82, 2.24) is 5.16 Å². The molecule has 0 aliphatic heterocycles. The Hall–Kier alpha value is -1.39. The minimum absolute atomic E-state index is 0.259. The fourth-order valence-electron chi connectivity index (χ4n) is 0.300. The topological polar surface area (TPSA) is 69.2 Å². The molecular weight excluding hydrogens is 112 g/mol. The maximum atomic E-state index is 9.75. The number of nitro groups is 1. The molecule has 0 N–H and O–H groups in total. The summed E-state index contributed by atoms with van der Waals surface area (Å²) in [4.78, 5) is 9.12. The summed E-state index contributed by atoms with van der Waals surface area (Å²) in [6.45, 7) is 0. The molecule has 1 aromatic rings. The fraction of sp³-hybridized carbons (Fsp3) is 0. The maximum absolute atomic E-state index is 9.75. The summed E-state index contributed by atoms with van der Waals surface area (Å²) in [6.07, 6.45) is 1.15. The van der Waals surface area contributed by atoms with Crippen molar-refractivity contribution in [2.45, 2.75) is 0 Å². The van der Waals surface area contributed by atoms with E-state index < -0.39 is 4.92 Å². The van der Waals surface area contributed by atoms with Gasteiger partial charge in [-0.05, 0) is 4.92 Å². The molecule has 0 aliphatic rings. The van der Waals surface area contributed by atoms with Crippen molar-refractivity contribution >= 4 is 5.82 Å². The summed E-state index contributed by atoms with van der Waals surface area (Å²) in [5.74, 6) is -0.259. The first kappa shape index (κ1) is 4.76. The summed E-state index contributed by atoms with van der Waals surface area (Å²) in [5, 5.41) is 12.8. The second-order valence-electron chi connectivity index (χ2n) is 1.11. The highest BCUT2D eigenvalue weighted by Gasteiger charge is 2.05. The van der Waals surface area contributed by atoms with E-state index in [-0.39, 0.29) is 5.82 Å². The molecule has 0 unspecified atom stereocenters. The van der Waals surface area contributed by atoms with E-state index in [4.69, 9.17) is 0 Å². The maximum Gasteiger partial charge on any atom is 0.413 e. The zero-order chi connectivity index (χ0) is 5.98. The van der Waals surface area contributed by atoms with Gasteiger partial charge in [0.15, 0.2) is 11.4 Å². The third kappa shape index (κ3) is 0.651. The van der Waals surface area contributed by atoms with Crippen LogP contribution in [-0.4, -0.2) is 10.1 Å². The van der Waals surface area contributed by atoms with E-state index >= 15 is 0 Å². The zero-order valence-corrected chi connectivity index (χ0v) is 3.77. The normalized spacial score (nSPS) is 9.00. The van der Waals surface area contributed by atoms with Gasteiger partial charge in [0.2, 0.25) is 0 Å². The molecular formula is C3H2N2O3. The van der Waals surface area contributed by atoms with Crippen molar-refractivity contribution in [3.05, 3.63) is 22.4 Å². The van der Waals surface area contributed by atoms with Gasteiger partial charge in [-0.25, -0.2) is 0 Å². The Labute approximate surface area is 44.0 Å². The van der Waals surface area contributed by atoms with Crippen LogP contribution in [0.5, 0.6) is 0 Å². The second kappa shape index (κ2) is 1.61. The Morgan fingerprint density at radius 1 is 1.88 bits per heavy atom. The number of aromatic nitrogens is 1. The quantitative estimate of drug-likeness (QED) is 0.395. The number of hydrogen-bond donors (Lipinski definition) is 0. The lowest BCUT2D eigenvalue weighted by Crippen LogP contribution is -1.85. The highest BCUT2D eigenvalue weighted by molar-refractivity contribution is 5.10. The van der Waals surface area contributed by atoms with Crippen LogP contribution in [0, 0.1) is 10.1 Å².